The van der Waals surface area contributed by atoms with Crippen molar-refractivity contribution in [3.63, 3.8) is 0 Å². The predicted octanol–water partition coefficient (Wildman–Crippen LogP) is 4.03. The van der Waals surface area contributed by atoms with Gasteiger partial charge in [-0.15, -0.1) is 0 Å². The van der Waals surface area contributed by atoms with E-state index in [1.165, 1.54) is 11.4 Å². The first-order chi connectivity index (χ1) is 19.7. The molecule has 0 spiro atoms. The molecule has 3 aromatic rings. The molecule has 1 atom stereocenters. The summed E-state index contributed by atoms with van der Waals surface area (Å²) in [5.74, 6) is 0.559. The maximum atomic E-state index is 13.9. The Balaban J connectivity index is 1.89. The van der Waals surface area contributed by atoms with Crippen molar-refractivity contribution in [3.05, 3.63) is 90.0 Å². The lowest BCUT2D eigenvalue weighted by Crippen LogP contribution is -2.50. The number of nitrogens with one attached hydrogen (secondary N) is 1. The fourth-order valence-electron chi connectivity index (χ4n) is 4.63. The molecule has 0 fully saturated rings. The van der Waals surface area contributed by atoms with Crippen LogP contribution in [0, 0.1) is 0 Å². The quantitative estimate of drug-likeness (QED) is 0.291. The maximum Gasteiger partial charge on any atom is 0.243 e. The van der Waals surface area contributed by atoms with Crippen molar-refractivity contribution in [3.8, 4) is 11.5 Å². The van der Waals surface area contributed by atoms with E-state index in [-0.39, 0.29) is 37.7 Å². The molecular weight excluding hydrogens is 542 g/mol. The lowest BCUT2D eigenvalue weighted by Gasteiger charge is -2.32. The van der Waals surface area contributed by atoms with Crippen molar-refractivity contribution < 1.29 is 27.5 Å². The molecule has 0 heterocycles. The summed E-state index contributed by atoms with van der Waals surface area (Å²) in [6.07, 6.45) is 1.74. The Morgan fingerprint density at radius 1 is 0.902 bits per heavy atom. The zero-order valence-electron chi connectivity index (χ0n) is 24.1. The highest BCUT2D eigenvalue weighted by Gasteiger charge is 2.30. The summed E-state index contributed by atoms with van der Waals surface area (Å²) >= 11 is 0. The number of likely N-dealkylation sites (N-methyl/N-ethyl adjacent to an activating group) is 1. The van der Waals surface area contributed by atoms with Gasteiger partial charge in [-0.25, -0.2) is 8.42 Å². The van der Waals surface area contributed by atoms with E-state index in [0.717, 1.165) is 17.4 Å². The van der Waals surface area contributed by atoms with Crippen LogP contribution in [0.1, 0.15) is 30.9 Å². The second kappa shape index (κ2) is 15.1. The number of methoxy groups -OCH3 is 2. The molecule has 0 aliphatic rings. The number of sulfonamides is 1. The Hall–Kier alpha value is -4.05. The number of carbonyl (C=O) groups excluding carboxylic acids is 2. The molecule has 1 N–H and O–H groups in total. The number of amides is 2. The summed E-state index contributed by atoms with van der Waals surface area (Å²) in [6, 6.07) is 23.0. The predicted molar refractivity (Wildman–Crippen MR) is 161 cm³/mol. The largest absolute Gasteiger partial charge is 0.497 e. The summed E-state index contributed by atoms with van der Waals surface area (Å²) < 4.78 is 37.4. The van der Waals surface area contributed by atoms with Gasteiger partial charge in [0, 0.05) is 32.5 Å². The zero-order chi connectivity index (χ0) is 29.8. The Morgan fingerprint density at radius 3 is 2.24 bits per heavy atom. The number of nitrogens with zero attached hydrogens (tertiary/aromatic N) is 2. The average Bonchev–Trinajstić information content (AvgIpc) is 2.97. The van der Waals surface area contributed by atoms with E-state index in [4.69, 9.17) is 9.47 Å². The minimum atomic E-state index is -3.65. The van der Waals surface area contributed by atoms with Gasteiger partial charge in [0.2, 0.25) is 21.8 Å². The molecule has 3 rings (SSSR count). The highest BCUT2D eigenvalue weighted by Crippen LogP contribution is 2.30. The van der Waals surface area contributed by atoms with Crippen LogP contribution in [-0.4, -0.2) is 64.7 Å². The van der Waals surface area contributed by atoms with Crippen LogP contribution in [0.5, 0.6) is 11.5 Å². The normalized spacial score (nSPS) is 11.8. The number of ether oxygens (including phenoxy) is 2. The Bertz CT molecular complexity index is 1400. The van der Waals surface area contributed by atoms with Crippen molar-refractivity contribution in [2.24, 2.45) is 0 Å². The molecular formula is C31H39N3O6S. The van der Waals surface area contributed by atoms with Gasteiger partial charge >= 0.3 is 0 Å². The number of hydrogen-bond donors (Lipinski definition) is 1. The molecule has 3 aromatic carbocycles. The summed E-state index contributed by atoms with van der Waals surface area (Å²) in [7, 11) is -0.599. The van der Waals surface area contributed by atoms with Crippen molar-refractivity contribution in [2.75, 3.05) is 37.9 Å². The minimum Gasteiger partial charge on any atom is -0.497 e. The van der Waals surface area contributed by atoms with Crippen molar-refractivity contribution in [1.82, 2.24) is 10.2 Å². The van der Waals surface area contributed by atoms with Crippen LogP contribution in [0.4, 0.5) is 5.69 Å². The van der Waals surface area contributed by atoms with Gasteiger partial charge in [0.1, 0.15) is 17.5 Å². The third kappa shape index (κ3) is 8.97. The molecule has 41 heavy (non-hydrogen) atoms. The van der Waals surface area contributed by atoms with Gasteiger partial charge in [-0.3, -0.25) is 13.9 Å². The zero-order valence-corrected chi connectivity index (χ0v) is 24.9. The van der Waals surface area contributed by atoms with E-state index in [2.05, 4.69) is 5.32 Å². The van der Waals surface area contributed by atoms with Gasteiger partial charge in [-0.05, 0) is 48.7 Å². The lowest BCUT2D eigenvalue weighted by atomic mass is 10.0. The van der Waals surface area contributed by atoms with E-state index in [1.807, 2.05) is 61.5 Å². The minimum absolute atomic E-state index is 0.0375. The molecule has 0 bridgehead atoms. The van der Waals surface area contributed by atoms with Crippen LogP contribution in [0.25, 0.3) is 0 Å². The number of carbonyl (C=O) groups is 2. The van der Waals surface area contributed by atoms with Gasteiger partial charge < -0.3 is 19.7 Å². The number of hydrogen-bond acceptors (Lipinski definition) is 6. The summed E-state index contributed by atoms with van der Waals surface area (Å²) in [6.45, 7) is 2.52. The van der Waals surface area contributed by atoms with E-state index in [1.54, 1.807) is 36.3 Å². The molecule has 220 valence electrons. The first-order valence-corrected chi connectivity index (χ1v) is 15.4. The second-order valence-electron chi connectivity index (χ2n) is 9.58. The molecule has 0 saturated carbocycles. The molecule has 0 aliphatic heterocycles. The van der Waals surface area contributed by atoms with E-state index < -0.39 is 16.1 Å². The second-order valence-corrected chi connectivity index (χ2v) is 11.5. The fourth-order valence-corrected chi connectivity index (χ4v) is 5.60. The van der Waals surface area contributed by atoms with Crippen LogP contribution < -0.4 is 19.1 Å². The number of benzene rings is 3. The molecule has 0 unspecified atom stereocenters. The van der Waals surface area contributed by atoms with E-state index in [9.17, 15) is 18.0 Å². The van der Waals surface area contributed by atoms with Gasteiger partial charge in [-0.2, -0.15) is 0 Å². The molecule has 0 aromatic heterocycles. The first-order valence-electron chi connectivity index (χ1n) is 13.5. The highest BCUT2D eigenvalue weighted by molar-refractivity contribution is 7.92. The fraction of sp³-hybridized carbons (Fsp3) is 0.355. The lowest BCUT2D eigenvalue weighted by molar-refractivity contribution is -0.141. The number of para-hydroxylation sites is 2. The molecule has 0 radical (unpaired) electrons. The topological polar surface area (TPSA) is 105 Å². The summed E-state index contributed by atoms with van der Waals surface area (Å²) in [4.78, 5) is 28.8. The molecule has 10 heteroatoms. The monoisotopic (exact) mass is 581 g/mol. The van der Waals surface area contributed by atoms with E-state index in [0.29, 0.717) is 30.2 Å². The van der Waals surface area contributed by atoms with Gasteiger partial charge in [-0.1, -0.05) is 54.6 Å². The molecule has 9 nitrogen and oxygen atoms in total. The van der Waals surface area contributed by atoms with Crippen LogP contribution in [0.15, 0.2) is 78.9 Å². The summed E-state index contributed by atoms with van der Waals surface area (Å²) in [5.41, 5.74) is 2.14. The van der Waals surface area contributed by atoms with Crippen LogP contribution in [0.2, 0.25) is 0 Å². The third-order valence-corrected chi connectivity index (χ3v) is 7.80. The van der Waals surface area contributed by atoms with Gasteiger partial charge in [0.25, 0.3) is 0 Å². The standard InChI is InChI=1S/C31H39N3O6S/c1-5-32-31(36)28(22-24-13-7-6-8-14-24)33(23-25-15-11-16-26(21-25)39-2)30(35)19-12-20-34(41(4,37)38)27-17-9-10-18-29(27)40-3/h6-11,13-18,21,28H,5,12,19-20,22-23H2,1-4H3,(H,32,36)/t28-/m0/s1. The Kier molecular flexibility index (Phi) is 11.6. The van der Waals surface area contributed by atoms with Crippen LogP contribution in [0.3, 0.4) is 0 Å². The first kappa shape index (κ1) is 31.5. The smallest absolute Gasteiger partial charge is 0.243 e. The maximum absolute atomic E-state index is 13.9. The third-order valence-electron chi connectivity index (χ3n) is 6.62. The van der Waals surface area contributed by atoms with Crippen molar-refractivity contribution >= 4 is 27.5 Å². The van der Waals surface area contributed by atoms with Crippen LogP contribution >= 0.6 is 0 Å². The van der Waals surface area contributed by atoms with Crippen molar-refractivity contribution in [2.45, 2.75) is 38.8 Å². The highest BCUT2D eigenvalue weighted by atomic mass is 32.2. The number of anilines is 1. The summed E-state index contributed by atoms with van der Waals surface area (Å²) in [5, 5.41) is 2.88. The molecule has 0 saturated heterocycles. The van der Waals surface area contributed by atoms with Crippen molar-refractivity contribution in [1.29, 1.82) is 0 Å². The average molecular weight is 582 g/mol. The van der Waals surface area contributed by atoms with Gasteiger partial charge in [0.15, 0.2) is 0 Å². The van der Waals surface area contributed by atoms with E-state index >= 15 is 0 Å². The van der Waals surface area contributed by atoms with Crippen LogP contribution in [-0.2, 0) is 32.6 Å². The van der Waals surface area contributed by atoms with Gasteiger partial charge in [0.05, 0.1) is 26.2 Å². The SMILES string of the molecule is CCNC(=O)[C@H](Cc1ccccc1)N(Cc1cccc(OC)c1)C(=O)CCCN(c1ccccc1OC)S(C)(=O)=O. The molecule has 2 amide bonds. The number of rotatable bonds is 15. The molecule has 0 aliphatic carbocycles. The Labute approximate surface area is 243 Å². The Morgan fingerprint density at radius 2 is 1.59 bits per heavy atom.